The summed E-state index contributed by atoms with van der Waals surface area (Å²) >= 11 is 0. The largest absolute Gasteiger partial charge is 0.464 e. The van der Waals surface area contributed by atoms with E-state index in [2.05, 4.69) is 12.2 Å². The molecule has 2 amide bonds. The van der Waals surface area contributed by atoms with Crippen LogP contribution in [0.2, 0.25) is 0 Å². The molecule has 4 rings (SSSR count). The van der Waals surface area contributed by atoms with Gasteiger partial charge in [0.25, 0.3) is 0 Å². The van der Waals surface area contributed by atoms with Crippen molar-refractivity contribution in [1.82, 2.24) is 4.90 Å². The van der Waals surface area contributed by atoms with Crippen LogP contribution < -0.4 is 5.32 Å². The van der Waals surface area contributed by atoms with Crippen LogP contribution in [0.1, 0.15) is 43.6 Å². The van der Waals surface area contributed by atoms with Crippen molar-refractivity contribution in [1.29, 1.82) is 0 Å². The monoisotopic (exact) mass is 364 g/mol. The molecule has 2 saturated carbocycles. The highest BCUT2D eigenvalue weighted by Gasteiger charge is 2.37. The van der Waals surface area contributed by atoms with Crippen LogP contribution in [0.15, 0.2) is 28.7 Å². The van der Waals surface area contributed by atoms with Crippen LogP contribution in [0, 0.1) is 23.4 Å². The van der Waals surface area contributed by atoms with E-state index in [1.165, 1.54) is 0 Å². The van der Waals surface area contributed by atoms with Crippen molar-refractivity contribution < 1.29 is 22.4 Å². The number of hydrogen-bond acceptors (Lipinski definition) is 2. The molecule has 26 heavy (non-hydrogen) atoms. The summed E-state index contributed by atoms with van der Waals surface area (Å²) in [6.07, 6.45) is 2.80. The number of rotatable bonds is 5. The van der Waals surface area contributed by atoms with Crippen LogP contribution in [0.4, 0.5) is 23.7 Å². The summed E-state index contributed by atoms with van der Waals surface area (Å²) < 4.78 is 46.0. The molecule has 7 heteroatoms. The number of furan rings is 1. The summed E-state index contributed by atoms with van der Waals surface area (Å²) in [5.41, 5.74) is -0.383. The molecule has 0 saturated heterocycles. The minimum absolute atomic E-state index is 0.0387. The average molecular weight is 364 g/mol. The maximum atomic E-state index is 13.8. The van der Waals surface area contributed by atoms with Gasteiger partial charge in [0.1, 0.15) is 11.5 Å². The zero-order chi connectivity index (χ0) is 18.4. The standard InChI is InChI=1S/C19H19F3N2O2/c1-10-8-13(10)16-7-4-12(26-16)9-24(11-2-3-11)19(25)23-15-6-5-14(20)17(21)18(15)22/h4-7,10-11,13H,2-3,8-9H2,1H3,(H,23,25). The fourth-order valence-electron chi connectivity index (χ4n) is 3.13. The van der Waals surface area contributed by atoms with Gasteiger partial charge in [-0.25, -0.2) is 18.0 Å². The molecule has 2 fully saturated rings. The van der Waals surface area contributed by atoms with Crippen LogP contribution >= 0.6 is 0 Å². The highest BCUT2D eigenvalue weighted by molar-refractivity contribution is 5.89. The lowest BCUT2D eigenvalue weighted by Gasteiger charge is -2.22. The Kier molecular flexibility index (Phi) is 4.17. The van der Waals surface area contributed by atoms with E-state index < -0.39 is 23.5 Å². The minimum Gasteiger partial charge on any atom is -0.464 e. The average Bonchev–Trinajstić information content (AvgIpc) is 3.53. The molecule has 1 heterocycles. The number of urea groups is 1. The first-order valence-electron chi connectivity index (χ1n) is 8.73. The predicted octanol–water partition coefficient (Wildman–Crippen LogP) is 5.02. The number of carbonyl (C=O) groups excluding carboxylic acids is 1. The fourth-order valence-corrected chi connectivity index (χ4v) is 3.13. The number of benzene rings is 1. The van der Waals surface area contributed by atoms with E-state index in [0.29, 0.717) is 17.6 Å². The molecule has 2 aromatic rings. The highest BCUT2D eigenvalue weighted by atomic mass is 19.2. The van der Waals surface area contributed by atoms with Gasteiger partial charge >= 0.3 is 6.03 Å². The predicted molar refractivity (Wildman–Crippen MR) is 89.1 cm³/mol. The minimum atomic E-state index is -1.60. The Morgan fingerprint density at radius 1 is 1.19 bits per heavy atom. The first kappa shape index (κ1) is 17.0. The third-order valence-corrected chi connectivity index (χ3v) is 5.01. The smallest absolute Gasteiger partial charge is 0.322 e. The van der Waals surface area contributed by atoms with Gasteiger partial charge in [-0.15, -0.1) is 0 Å². The van der Waals surface area contributed by atoms with E-state index >= 15 is 0 Å². The molecular weight excluding hydrogens is 345 g/mol. The first-order valence-corrected chi connectivity index (χ1v) is 8.73. The van der Waals surface area contributed by atoms with E-state index in [1.807, 2.05) is 12.1 Å². The molecule has 1 N–H and O–H groups in total. The summed E-state index contributed by atoms with van der Waals surface area (Å²) in [5.74, 6) is -1.65. The Morgan fingerprint density at radius 2 is 1.92 bits per heavy atom. The summed E-state index contributed by atoms with van der Waals surface area (Å²) in [6, 6.07) is 5.05. The Morgan fingerprint density at radius 3 is 2.58 bits per heavy atom. The van der Waals surface area contributed by atoms with Crippen LogP contribution in [0.5, 0.6) is 0 Å². The van der Waals surface area contributed by atoms with E-state index in [1.54, 1.807) is 4.90 Å². The van der Waals surface area contributed by atoms with Crippen LogP contribution in [0.3, 0.4) is 0 Å². The zero-order valence-corrected chi connectivity index (χ0v) is 14.3. The SMILES string of the molecule is CC1CC1c1ccc(CN(C(=O)Nc2ccc(F)c(F)c2F)C2CC2)o1. The third kappa shape index (κ3) is 3.30. The number of carbonyl (C=O) groups is 1. The molecule has 0 spiro atoms. The topological polar surface area (TPSA) is 45.5 Å². The van der Waals surface area contributed by atoms with Gasteiger partial charge in [-0.1, -0.05) is 6.92 Å². The second-order valence-electron chi connectivity index (χ2n) is 7.14. The summed E-state index contributed by atoms with van der Waals surface area (Å²) in [6.45, 7) is 2.41. The number of amides is 2. The molecule has 0 bridgehead atoms. The number of hydrogen-bond donors (Lipinski definition) is 1. The first-order chi connectivity index (χ1) is 12.4. The van der Waals surface area contributed by atoms with Crippen molar-refractivity contribution in [2.75, 3.05) is 5.32 Å². The molecule has 1 aromatic heterocycles. The number of nitrogens with zero attached hydrogens (tertiary/aromatic N) is 1. The lowest BCUT2D eigenvalue weighted by atomic mass is 10.2. The number of nitrogens with one attached hydrogen (secondary N) is 1. The Hall–Kier alpha value is -2.44. The highest BCUT2D eigenvalue weighted by Crippen LogP contribution is 2.47. The van der Waals surface area contributed by atoms with Crippen molar-refractivity contribution >= 4 is 11.7 Å². The molecule has 0 aliphatic heterocycles. The van der Waals surface area contributed by atoms with Crippen molar-refractivity contribution in [2.24, 2.45) is 5.92 Å². The molecule has 2 unspecified atom stereocenters. The second kappa shape index (κ2) is 6.37. The van der Waals surface area contributed by atoms with Crippen molar-refractivity contribution in [3.63, 3.8) is 0 Å². The van der Waals surface area contributed by atoms with E-state index in [0.717, 1.165) is 37.2 Å². The summed E-state index contributed by atoms with van der Waals surface area (Å²) in [4.78, 5) is 14.1. The maximum absolute atomic E-state index is 13.8. The van der Waals surface area contributed by atoms with Crippen LogP contribution in [-0.4, -0.2) is 17.0 Å². The molecule has 1 aromatic carbocycles. The molecule has 2 aliphatic carbocycles. The van der Waals surface area contributed by atoms with E-state index in [-0.39, 0.29) is 18.3 Å². The van der Waals surface area contributed by atoms with Crippen LogP contribution in [0.25, 0.3) is 0 Å². The lowest BCUT2D eigenvalue weighted by Crippen LogP contribution is -2.36. The number of halogens is 3. The Labute approximate surface area is 149 Å². The number of anilines is 1. The maximum Gasteiger partial charge on any atom is 0.322 e. The Bertz CT molecular complexity index is 847. The van der Waals surface area contributed by atoms with Gasteiger partial charge in [0.2, 0.25) is 0 Å². The van der Waals surface area contributed by atoms with Gasteiger partial charge in [0.05, 0.1) is 12.2 Å². The van der Waals surface area contributed by atoms with Gasteiger partial charge in [-0.3, -0.25) is 0 Å². The van der Waals surface area contributed by atoms with E-state index in [9.17, 15) is 18.0 Å². The Balaban J connectivity index is 1.47. The third-order valence-electron chi connectivity index (χ3n) is 5.01. The zero-order valence-electron chi connectivity index (χ0n) is 14.3. The van der Waals surface area contributed by atoms with Gasteiger partial charge in [0.15, 0.2) is 17.5 Å². The van der Waals surface area contributed by atoms with Crippen molar-refractivity contribution in [3.8, 4) is 0 Å². The second-order valence-corrected chi connectivity index (χ2v) is 7.14. The molecule has 0 radical (unpaired) electrons. The normalized spacial score (nSPS) is 21.5. The molecule has 2 aliphatic rings. The molecule has 138 valence electrons. The lowest BCUT2D eigenvalue weighted by molar-refractivity contribution is 0.200. The van der Waals surface area contributed by atoms with Gasteiger partial charge < -0.3 is 14.6 Å². The van der Waals surface area contributed by atoms with E-state index in [4.69, 9.17) is 4.42 Å². The van der Waals surface area contributed by atoms with Gasteiger partial charge in [-0.2, -0.15) is 0 Å². The van der Waals surface area contributed by atoms with Crippen molar-refractivity contribution in [3.05, 3.63) is 53.2 Å². The fraction of sp³-hybridized carbons (Fsp3) is 0.421. The quantitative estimate of drug-likeness (QED) is 0.758. The van der Waals surface area contributed by atoms with Gasteiger partial charge in [-0.05, 0) is 49.4 Å². The summed E-state index contributed by atoms with van der Waals surface area (Å²) in [5, 5.41) is 2.33. The molecule has 4 nitrogen and oxygen atoms in total. The molecule has 2 atom stereocenters. The molecular formula is C19H19F3N2O2. The van der Waals surface area contributed by atoms with Crippen LogP contribution in [-0.2, 0) is 6.54 Å². The van der Waals surface area contributed by atoms with Crippen molar-refractivity contribution in [2.45, 2.75) is 44.7 Å². The van der Waals surface area contributed by atoms with Gasteiger partial charge in [0, 0.05) is 12.0 Å². The summed E-state index contributed by atoms with van der Waals surface area (Å²) in [7, 11) is 0.